The number of amides is 2. The van der Waals surface area contributed by atoms with Crippen LogP contribution in [0.25, 0.3) is 0 Å². The molecule has 4 fully saturated rings. The van der Waals surface area contributed by atoms with Crippen molar-refractivity contribution in [2.45, 2.75) is 58.3 Å². The fourth-order valence-corrected chi connectivity index (χ4v) is 6.15. The van der Waals surface area contributed by atoms with Gasteiger partial charge in [0.05, 0.1) is 10.7 Å². The summed E-state index contributed by atoms with van der Waals surface area (Å²) in [4.78, 5) is 24.4. The molecule has 5 heteroatoms. The monoisotopic (exact) mass is 374 g/mol. The van der Waals surface area contributed by atoms with Gasteiger partial charge in [-0.25, -0.2) is 0 Å². The highest BCUT2D eigenvalue weighted by atomic mass is 35.5. The molecule has 5 rings (SSSR count). The Morgan fingerprint density at radius 3 is 2.23 bits per heavy atom. The smallest absolute Gasteiger partial charge is 0.224 e. The van der Waals surface area contributed by atoms with E-state index in [4.69, 9.17) is 11.6 Å². The predicted octanol–water partition coefficient (Wildman–Crippen LogP) is 5.23. The van der Waals surface area contributed by atoms with Crippen LogP contribution in [-0.4, -0.2) is 11.8 Å². The Morgan fingerprint density at radius 1 is 1.04 bits per heavy atom. The summed E-state index contributed by atoms with van der Waals surface area (Å²) < 4.78 is 0. The second-order valence-electron chi connectivity index (χ2n) is 8.74. The standard InChI is InChI=1S/C21H27ClN2O2/c1-2-19(25)23-16-3-4-17(22)18(8-16)24-20(26)12-21-9-13-5-14(10-21)7-15(6-13)11-21/h3-4,8,13-15H,2,5-7,9-12H2,1H3,(H,23,25)(H,24,26). The van der Waals surface area contributed by atoms with Crippen molar-refractivity contribution in [2.24, 2.45) is 23.2 Å². The second kappa shape index (κ2) is 6.88. The average molecular weight is 375 g/mol. The molecule has 0 radical (unpaired) electrons. The molecule has 0 unspecified atom stereocenters. The SMILES string of the molecule is CCC(=O)Nc1ccc(Cl)c(NC(=O)CC23CC4CC(CC(C4)C2)C3)c1. The lowest BCUT2D eigenvalue weighted by molar-refractivity contribution is -0.124. The summed E-state index contributed by atoms with van der Waals surface area (Å²) in [6, 6.07) is 5.21. The molecule has 140 valence electrons. The van der Waals surface area contributed by atoms with E-state index in [9.17, 15) is 9.59 Å². The fraction of sp³-hybridized carbons (Fsp3) is 0.619. The van der Waals surface area contributed by atoms with Crippen LogP contribution in [0.15, 0.2) is 18.2 Å². The van der Waals surface area contributed by atoms with Gasteiger partial charge in [-0.05, 0) is 79.9 Å². The Morgan fingerprint density at radius 2 is 1.65 bits per heavy atom. The van der Waals surface area contributed by atoms with Crippen LogP contribution >= 0.6 is 11.6 Å². The topological polar surface area (TPSA) is 58.2 Å². The molecule has 0 aliphatic heterocycles. The van der Waals surface area contributed by atoms with E-state index >= 15 is 0 Å². The number of halogens is 1. The van der Waals surface area contributed by atoms with Crippen molar-refractivity contribution in [1.29, 1.82) is 0 Å². The van der Waals surface area contributed by atoms with Gasteiger partial charge in [0, 0.05) is 18.5 Å². The molecule has 4 bridgehead atoms. The number of carbonyl (C=O) groups excluding carboxylic acids is 2. The third kappa shape index (κ3) is 3.62. The fourth-order valence-electron chi connectivity index (χ4n) is 5.99. The molecule has 4 aliphatic rings. The molecule has 4 nitrogen and oxygen atoms in total. The van der Waals surface area contributed by atoms with E-state index in [1.165, 1.54) is 38.5 Å². The molecular formula is C21H27ClN2O2. The van der Waals surface area contributed by atoms with Crippen LogP contribution in [0.4, 0.5) is 11.4 Å². The van der Waals surface area contributed by atoms with Gasteiger partial charge in [0.15, 0.2) is 0 Å². The predicted molar refractivity (Wildman–Crippen MR) is 104 cm³/mol. The largest absolute Gasteiger partial charge is 0.326 e. The number of carbonyl (C=O) groups is 2. The van der Waals surface area contributed by atoms with Gasteiger partial charge >= 0.3 is 0 Å². The van der Waals surface area contributed by atoms with Gasteiger partial charge in [-0.2, -0.15) is 0 Å². The molecule has 0 saturated heterocycles. The quantitative estimate of drug-likeness (QED) is 0.740. The van der Waals surface area contributed by atoms with Crippen LogP contribution in [0, 0.1) is 23.2 Å². The number of nitrogens with one attached hydrogen (secondary N) is 2. The first-order valence-corrected chi connectivity index (χ1v) is 10.2. The molecule has 2 N–H and O–H groups in total. The first kappa shape index (κ1) is 17.8. The number of rotatable bonds is 5. The van der Waals surface area contributed by atoms with Crippen molar-refractivity contribution in [2.75, 3.05) is 10.6 Å². The maximum Gasteiger partial charge on any atom is 0.224 e. The van der Waals surface area contributed by atoms with Crippen LogP contribution in [0.1, 0.15) is 58.3 Å². The van der Waals surface area contributed by atoms with Crippen LogP contribution in [0.5, 0.6) is 0 Å². The summed E-state index contributed by atoms with van der Waals surface area (Å²) in [5.74, 6) is 2.51. The van der Waals surface area contributed by atoms with Gasteiger partial charge in [0.1, 0.15) is 0 Å². The lowest BCUT2D eigenvalue weighted by Crippen LogP contribution is -2.47. The summed E-state index contributed by atoms with van der Waals surface area (Å²) in [6.45, 7) is 1.80. The van der Waals surface area contributed by atoms with E-state index < -0.39 is 0 Å². The maximum atomic E-state index is 12.8. The molecule has 0 spiro atoms. The van der Waals surface area contributed by atoms with Crippen LogP contribution in [-0.2, 0) is 9.59 Å². The Balaban J connectivity index is 1.43. The summed E-state index contributed by atoms with van der Waals surface area (Å²) in [5.41, 5.74) is 1.45. The van der Waals surface area contributed by atoms with Crippen molar-refractivity contribution >= 4 is 34.8 Å². The second-order valence-corrected chi connectivity index (χ2v) is 9.15. The highest BCUT2D eigenvalue weighted by Crippen LogP contribution is 2.61. The minimum atomic E-state index is -0.0573. The Kier molecular flexibility index (Phi) is 4.72. The van der Waals surface area contributed by atoms with Crippen molar-refractivity contribution in [3.8, 4) is 0 Å². The third-order valence-electron chi connectivity index (χ3n) is 6.55. The third-order valence-corrected chi connectivity index (χ3v) is 6.88. The highest BCUT2D eigenvalue weighted by Gasteiger charge is 2.51. The molecule has 0 atom stereocenters. The number of anilines is 2. The summed E-state index contributed by atoms with van der Waals surface area (Å²) in [6.07, 6.45) is 8.80. The van der Waals surface area contributed by atoms with Gasteiger partial charge in [0.25, 0.3) is 0 Å². The van der Waals surface area contributed by atoms with E-state index in [-0.39, 0.29) is 17.2 Å². The molecule has 26 heavy (non-hydrogen) atoms. The van der Waals surface area contributed by atoms with Crippen molar-refractivity contribution in [3.05, 3.63) is 23.2 Å². The van der Waals surface area contributed by atoms with Gasteiger partial charge in [-0.1, -0.05) is 18.5 Å². The van der Waals surface area contributed by atoms with E-state index in [0.29, 0.717) is 29.2 Å². The van der Waals surface area contributed by atoms with E-state index in [1.54, 1.807) is 25.1 Å². The highest BCUT2D eigenvalue weighted by molar-refractivity contribution is 6.33. The number of hydrogen-bond acceptors (Lipinski definition) is 2. The average Bonchev–Trinajstić information content (AvgIpc) is 2.56. The molecule has 2 amide bonds. The van der Waals surface area contributed by atoms with E-state index in [2.05, 4.69) is 10.6 Å². The molecule has 0 heterocycles. The molecular weight excluding hydrogens is 348 g/mol. The van der Waals surface area contributed by atoms with Crippen LogP contribution in [0.2, 0.25) is 5.02 Å². The Labute approximate surface area is 160 Å². The Bertz CT molecular complexity index is 695. The Hall–Kier alpha value is -1.55. The van der Waals surface area contributed by atoms with Crippen molar-refractivity contribution in [3.63, 3.8) is 0 Å². The van der Waals surface area contributed by atoms with Gasteiger partial charge in [-0.15, -0.1) is 0 Å². The molecule has 0 aromatic heterocycles. The molecule has 1 aromatic rings. The molecule has 4 saturated carbocycles. The molecule has 1 aromatic carbocycles. The minimum absolute atomic E-state index is 0.0489. The van der Waals surface area contributed by atoms with E-state index in [1.807, 2.05) is 0 Å². The molecule has 4 aliphatic carbocycles. The van der Waals surface area contributed by atoms with Crippen molar-refractivity contribution in [1.82, 2.24) is 0 Å². The zero-order chi connectivity index (χ0) is 18.3. The zero-order valence-corrected chi connectivity index (χ0v) is 16.1. The maximum absolute atomic E-state index is 12.8. The van der Waals surface area contributed by atoms with Gasteiger partial charge in [-0.3, -0.25) is 9.59 Å². The van der Waals surface area contributed by atoms with E-state index in [0.717, 1.165) is 17.8 Å². The zero-order valence-electron chi connectivity index (χ0n) is 15.3. The summed E-state index contributed by atoms with van der Waals surface area (Å²) in [7, 11) is 0. The van der Waals surface area contributed by atoms with Crippen LogP contribution < -0.4 is 10.6 Å². The normalized spacial score (nSPS) is 31.7. The number of hydrogen-bond donors (Lipinski definition) is 2. The summed E-state index contributed by atoms with van der Waals surface area (Å²) in [5, 5.41) is 6.30. The minimum Gasteiger partial charge on any atom is -0.326 e. The van der Waals surface area contributed by atoms with Crippen molar-refractivity contribution < 1.29 is 9.59 Å². The lowest BCUT2D eigenvalue weighted by Gasteiger charge is -2.56. The summed E-state index contributed by atoms with van der Waals surface area (Å²) >= 11 is 6.26. The van der Waals surface area contributed by atoms with Gasteiger partial charge < -0.3 is 10.6 Å². The first-order valence-electron chi connectivity index (χ1n) is 9.84. The first-order chi connectivity index (χ1) is 12.4. The lowest BCUT2D eigenvalue weighted by atomic mass is 9.49. The number of benzene rings is 1. The van der Waals surface area contributed by atoms with Crippen LogP contribution in [0.3, 0.4) is 0 Å². The van der Waals surface area contributed by atoms with Gasteiger partial charge in [0.2, 0.25) is 11.8 Å².